The molecule has 25 heavy (non-hydrogen) atoms. The molecule has 3 aromatic carbocycles. The van der Waals surface area contributed by atoms with Crippen molar-refractivity contribution in [3.8, 4) is 0 Å². The number of hydrogen-bond acceptors (Lipinski definition) is 2. The average molecular weight is 340 g/mol. The van der Waals surface area contributed by atoms with Crippen LogP contribution in [0.5, 0.6) is 0 Å². The lowest BCUT2D eigenvalue weighted by molar-refractivity contribution is -0.137. The molecule has 0 saturated heterocycles. The standard InChI is InChI=1S/C20H15F3N2/c21-20(22,23)19-14-8-7-9-16(19)15-24-25(17-10-3-1-4-11-17)18-12-5-2-6-13-18/h1-15H/b24-15-. The van der Waals surface area contributed by atoms with Gasteiger partial charge in [0.15, 0.2) is 0 Å². The van der Waals surface area contributed by atoms with E-state index in [-0.39, 0.29) is 5.56 Å². The molecule has 0 radical (unpaired) electrons. The Morgan fingerprint density at radius 2 is 1.16 bits per heavy atom. The van der Waals surface area contributed by atoms with Gasteiger partial charge in [-0.15, -0.1) is 0 Å². The van der Waals surface area contributed by atoms with Crippen molar-refractivity contribution in [1.82, 2.24) is 0 Å². The molecule has 0 aliphatic heterocycles. The third-order valence-corrected chi connectivity index (χ3v) is 3.58. The fourth-order valence-electron chi connectivity index (χ4n) is 2.41. The van der Waals surface area contributed by atoms with Gasteiger partial charge in [-0.3, -0.25) is 0 Å². The molecule has 0 fully saturated rings. The number of nitrogens with zero attached hydrogens (tertiary/aromatic N) is 2. The molecular formula is C20H15F3N2. The van der Waals surface area contributed by atoms with Crippen LogP contribution in [0.4, 0.5) is 24.5 Å². The summed E-state index contributed by atoms with van der Waals surface area (Å²) < 4.78 is 39.4. The quantitative estimate of drug-likeness (QED) is 0.428. The highest BCUT2D eigenvalue weighted by atomic mass is 19.4. The molecule has 0 saturated carbocycles. The Kier molecular flexibility index (Phi) is 4.84. The van der Waals surface area contributed by atoms with Gasteiger partial charge in [0, 0.05) is 5.56 Å². The van der Waals surface area contributed by atoms with Crippen molar-refractivity contribution in [2.45, 2.75) is 6.18 Å². The number of rotatable bonds is 4. The van der Waals surface area contributed by atoms with E-state index in [1.54, 1.807) is 11.1 Å². The van der Waals surface area contributed by atoms with Gasteiger partial charge in [0.1, 0.15) is 0 Å². The van der Waals surface area contributed by atoms with E-state index >= 15 is 0 Å². The van der Waals surface area contributed by atoms with E-state index in [9.17, 15) is 13.2 Å². The molecule has 0 atom stereocenters. The highest BCUT2D eigenvalue weighted by Crippen LogP contribution is 2.31. The molecule has 0 N–H and O–H groups in total. The van der Waals surface area contributed by atoms with E-state index in [0.29, 0.717) is 0 Å². The van der Waals surface area contributed by atoms with E-state index in [1.165, 1.54) is 18.3 Å². The molecule has 0 heterocycles. The van der Waals surface area contributed by atoms with E-state index in [4.69, 9.17) is 0 Å². The normalized spacial score (nSPS) is 11.6. The number of benzene rings is 3. The van der Waals surface area contributed by atoms with E-state index in [0.717, 1.165) is 17.4 Å². The van der Waals surface area contributed by atoms with Crippen molar-refractivity contribution in [2.24, 2.45) is 5.10 Å². The van der Waals surface area contributed by atoms with Crippen LogP contribution in [0.3, 0.4) is 0 Å². The maximum Gasteiger partial charge on any atom is 0.417 e. The molecular weight excluding hydrogens is 325 g/mol. The smallest absolute Gasteiger partial charge is 0.234 e. The number of alkyl halides is 3. The van der Waals surface area contributed by atoms with Gasteiger partial charge in [0.05, 0.1) is 23.2 Å². The number of anilines is 2. The lowest BCUT2D eigenvalue weighted by Gasteiger charge is -2.19. The summed E-state index contributed by atoms with van der Waals surface area (Å²) >= 11 is 0. The fourth-order valence-corrected chi connectivity index (χ4v) is 2.41. The van der Waals surface area contributed by atoms with Gasteiger partial charge in [-0.1, -0.05) is 54.6 Å². The molecule has 0 aliphatic carbocycles. The summed E-state index contributed by atoms with van der Waals surface area (Å²) in [5.74, 6) is 0. The lowest BCUT2D eigenvalue weighted by atomic mass is 10.1. The molecule has 5 heteroatoms. The van der Waals surface area contributed by atoms with Gasteiger partial charge >= 0.3 is 6.18 Å². The second-order valence-corrected chi connectivity index (χ2v) is 5.31. The minimum Gasteiger partial charge on any atom is -0.234 e. The van der Waals surface area contributed by atoms with Gasteiger partial charge in [-0.25, -0.2) is 5.01 Å². The zero-order chi connectivity index (χ0) is 17.7. The first kappa shape index (κ1) is 16.8. The van der Waals surface area contributed by atoms with Crippen molar-refractivity contribution in [2.75, 3.05) is 5.01 Å². The Bertz CT molecular complexity index is 804. The van der Waals surface area contributed by atoms with Gasteiger partial charge in [-0.2, -0.15) is 18.3 Å². The SMILES string of the molecule is FC(F)(F)c1ccccc1/C=N\N(c1ccccc1)c1ccccc1. The molecule has 0 bridgehead atoms. The summed E-state index contributed by atoms with van der Waals surface area (Å²) in [5.41, 5.74) is 0.829. The van der Waals surface area contributed by atoms with Crippen LogP contribution in [0.25, 0.3) is 0 Å². The van der Waals surface area contributed by atoms with Crippen molar-refractivity contribution < 1.29 is 13.2 Å². The van der Waals surface area contributed by atoms with Crippen LogP contribution in [0.1, 0.15) is 11.1 Å². The summed E-state index contributed by atoms with van der Waals surface area (Å²) in [7, 11) is 0. The van der Waals surface area contributed by atoms with E-state index in [1.807, 2.05) is 60.7 Å². The molecule has 3 rings (SSSR count). The van der Waals surface area contributed by atoms with Crippen LogP contribution in [-0.2, 0) is 6.18 Å². The first-order chi connectivity index (χ1) is 12.1. The maximum absolute atomic E-state index is 13.1. The molecule has 0 aromatic heterocycles. The predicted octanol–water partition coefficient (Wildman–Crippen LogP) is 5.88. The predicted molar refractivity (Wildman–Crippen MR) is 94.1 cm³/mol. The molecule has 2 nitrogen and oxygen atoms in total. The summed E-state index contributed by atoms with van der Waals surface area (Å²) in [6.07, 6.45) is -3.18. The number of para-hydroxylation sites is 2. The Morgan fingerprint density at radius 1 is 0.680 bits per heavy atom. The minimum atomic E-state index is -4.42. The van der Waals surface area contributed by atoms with Gasteiger partial charge in [0.25, 0.3) is 0 Å². The highest BCUT2D eigenvalue weighted by Gasteiger charge is 2.32. The number of hydrazone groups is 1. The van der Waals surface area contributed by atoms with Crippen LogP contribution in [-0.4, -0.2) is 6.21 Å². The monoisotopic (exact) mass is 340 g/mol. The Morgan fingerprint density at radius 3 is 1.68 bits per heavy atom. The largest absolute Gasteiger partial charge is 0.417 e. The Balaban J connectivity index is 2.01. The molecule has 0 amide bonds. The lowest BCUT2D eigenvalue weighted by Crippen LogP contribution is -2.12. The second-order valence-electron chi connectivity index (χ2n) is 5.31. The average Bonchev–Trinajstić information content (AvgIpc) is 2.63. The van der Waals surface area contributed by atoms with Crippen LogP contribution < -0.4 is 5.01 Å². The minimum absolute atomic E-state index is 0.0202. The maximum atomic E-state index is 13.1. The van der Waals surface area contributed by atoms with Gasteiger partial charge < -0.3 is 0 Å². The zero-order valence-corrected chi connectivity index (χ0v) is 13.2. The van der Waals surface area contributed by atoms with Crippen molar-refractivity contribution in [3.63, 3.8) is 0 Å². The Hall–Kier alpha value is -3.08. The van der Waals surface area contributed by atoms with E-state index < -0.39 is 11.7 Å². The van der Waals surface area contributed by atoms with Crippen molar-refractivity contribution in [1.29, 1.82) is 0 Å². The number of halogens is 3. The van der Waals surface area contributed by atoms with Crippen molar-refractivity contribution in [3.05, 3.63) is 96.1 Å². The molecule has 3 aromatic rings. The van der Waals surface area contributed by atoms with Gasteiger partial charge in [-0.05, 0) is 30.3 Å². The van der Waals surface area contributed by atoms with Crippen LogP contribution in [0.15, 0.2) is 90.0 Å². The second kappa shape index (κ2) is 7.21. The zero-order valence-electron chi connectivity index (χ0n) is 13.2. The summed E-state index contributed by atoms with van der Waals surface area (Å²) in [6.45, 7) is 0. The highest BCUT2D eigenvalue weighted by molar-refractivity contribution is 5.83. The molecule has 0 aliphatic rings. The number of hydrogen-bond donors (Lipinski definition) is 0. The van der Waals surface area contributed by atoms with Gasteiger partial charge in [0.2, 0.25) is 0 Å². The summed E-state index contributed by atoms with van der Waals surface area (Å²) in [4.78, 5) is 0. The summed E-state index contributed by atoms with van der Waals surface area (Å²) in [5, 5.41) is 5.92. The summed E-state index contributed by atoms with van der Waals surface area (Å²) in [6, 6.07) is 23.9. The third-order valence-electron chi connectivity index (χ3n) is 3.58. The molecule has 126 valence electrons. The van der Waals surface area contributed by atoms with E-state index in [2.05, 4.69) is 5.10 Å². The van der Waals surface area contributed by atoms with Crippen LogP contribution in [0, 0.1) is 0 Å². The molecule has 0 unspecified atom stereocenters. The first-order valence-corrected chi connectivity index (χ1v) is 7.66. The molecule has 0 spiro atoms. The first-order valence-electron chi connectivity index (χ1n) is 7.66. The topological polar surface area (TPSA) is 15.6 Å². The third kappa shape index (κ3) is 4.07. The van der Waals surface area contributed by atoms with Crippen molar-refractivity contribution >= 4 is 17.6 Å². The fraction of sp³-hybridized carbons (Fsp3) is 0.0500. The Labute approximate surface area is 143 Å². The van der Waals surface area contributed by atoms with Crippen LogP contribution in [0.2, 0.25) is 0 Å². The van der Waals surface area contributed by atoms with Crippen LogP contribution >= 0.6 is 0 Å².